The maximum absolute atomic E-state index is 13.4. The van der Waals surface area contributed by atoms with Crippen molar-refractivity contribution in [3.05, 3.63) is 88.6 Å². The number of Topliss-reactive ketones (excluding diaryl/α,β-unsaturated/α-hetero) is 1. The molecular weight excluding hydrogens is 442 g/mol. The molecule has 0 N–H and O–H groups in total. The van der Waals surface area contributed by atoms with Crippen LogP contribution in [0.3, 0.4) is 0 Å². The summed E-state index contributed by atoms with van der Waals surface area (Å²) in [6, 6.07) is 13.7. The van der Waals surface area contributed by atoms with E-state index in [1.807, 2.05) is 73.3 Å². The second-order valence-corrected chi connectivity index (χ2v) is 8.97. The summed E-state index contributed by atoms with van der Waals surface area (Å²) in [7, 11) is 3.63. The first-order valence-corrected chi connectivity index (χ1v) is 11.5. The molecule has 0 atom stereocenters. The number of aromatic nitrogens is 2. The predicted octanol–water partition coefficient (Wildman–Crippen LogP) is 4.86. The lowest BCUT2D eigenvalue weighted by Crippen LogP contribution is -2.32. The molecule has 4 aromatic rings. The zero-order valence-electron chi connectivity index (χ0n) is 19.9. The minimum absolute atomic E-state index is 0.118. The summed E-state index contributed by atoms with van der Waals surface area (Å²) in [4.78, 5) is 20.0. The van der Waals surface area contributed by atoms with Crippen LogP contribution in [-0.4, -0.2) is 34.1 Å². The molecule has 0 radical (unpaired) electrons. The standard InChI is InChI=1S/C28H25N3O4/c1-17-27-19(14-31(16-34-27)15-20-6-4-5-9-29-20)10-23-26(32)25(35-28(17)23)11-18-13-30(2)24-8-7-21(33-3)12-22(18)24/h4-13H,14-16H2,1-3H3/b25-11-. The number of benzene rings is 2. The van der Waals surface area contributed by atoms with Crippen LogP contribution in [-0.2, 0) is 20.1 Å². The van der Waals surface area contributed by atoms with Crippen LogP contribution >= 0.6 is 0 Å². The predicted molar refractivity (Wildman–Crippen MR) is 133 cm³/mol. The van der Waals surface area contributed by atoms with Crippen LogP contribution in [0.1, 0.15) is 32.7 Å². The number of hydrogen-bond acceptors (Lipinski definition) is 6. The zero-order valence-corrected chi connectivity index (χ0v) is 19.9. The summed E-state index contributed by atoms with van der Waals surface area (Å²) in [5.41, 5.74) is 5.34. The number of ketones is 1. The SMILES string of the molecule is COc1ccc2c(c1)c(/C=C1\Oc3c(cc4c(c3C)OCN(Cc3ccccn3)C4)C1=O)cn2C. The van der Waals surface area contributed by atoms with E-state index in [2.05, 4.69) is 9.88 Å². The summed E-state index contributed by atoms with van der Waals surface area (Å²) in [5, 5.41) is 0.996. The number of fused-ring (bicyclic) bond motifs is 3. The molecule has 0 spiro atoms. The highest BCUT2D eigenvalue weighted by Crippen LogP contribution is 2.43. The minimum atomic E-state index is -0.118. The maximum Gasteiger partial charge on any atom is 0.231 e. The van der Waals surface area contributed by atoms with Crippen molar-refractivity contribution in [2.75, 3.05) is 13.8 Å². The van der Waals surface area contributed by atoms with Gasteiger partial charge in [-0.1, -0.05) is 6.07 Å². The third-order valence-electron chi connectivity index (χ3n) is 6.63. The van der Waals surface area contributed by atoms with E-state index < -0.39 is 0 Å². The monoisotopic (exact) mass is 467 g/mol. The van der Waals surface area contributed by atoms with E-state index in [9.17, 15) is 4.79 Å². The molecule has 0 aliphatic carbocycles. The van der Waals surface area contributed by atoms with E-state index in [4.69, 9.17) is 14.2 Å². The van der Waals surface area contributed by atoms with Gasteiger partial charge in [-0.2, -0.15) is 0 Å². The Kier molecular flexibility index (Phi) is 5.07. The first-order chi connectivity index (χ1) is 17.0. The molecule has 2 aromatic heterocycles. The molecule has 2 aliphatic heterocycles. The van der Waals surface area contributed by atoms with Gasteiger partial charge in [0.2, 0.25) is 5.78 Å². The lowest BCUT2D eigenvalue weighted by atomic mass is 10.00. The number of allylic oxidation sites excluding steroid dienone is 1. The van der Waals surface area contributed by atoms with Gasteiger partial charge in [-0.3, -0.25) is 14.7 Å². The summed E-state index contributed by atoms with van der Waals surface area (Å²) in [6.07, 6.45) is 5.60. The number of hydrogen-bond donors (Lipinski definition) is 0. The normalized spacial score (nSPS) is 16.2. The molecule has 0 unspecified atom stereocenters. The summed E-state index contributed by atoms with van der Waals surface area (Å²) < 4.78 is 19.7. The smallest absolute Gasteiger partial charge is 0.231 e. The molecule has 176 valence electrons. The Bertz CT molecular complexity index is 1500. The summed E-state index contributed by atoms with van der Waals surface area (Å²) in [5.74, 6) is 2.33. The Morgan fingerprint density at radius 1 is 1.17 bits per heavy atom. The van der Waals surface area contributed by atoms with Gasteiger partial charge >= 0.3 is 0 Å². The lowest BCUT2D eigenvalue weighted by Gasteiger charge is -2.30. The number of carbonyl (C=O) groups is 1. The number of aryl methyl sites for hydroxylation is 1. The second-order valence-electron chi connectivity index (χ2n) is 8.97. The van der Waals surface area contributed by atoms with Crippen molar-refractivity contribution in [2.45, 2.75) is 20.0 Å². The minimum Gasteiger partial charge on any atom is -0.497 e. The average Bonchev–Trinajstić information content (AvgIpc) is 3.36. The number of ether oxygens (including phenoxy) is 3. The average molecular weight is 468 g/mol. The molecule has 2 aromatic carbocycles. The van der Waals surface area contributed by atoms with Gasteiger partial charge in [0.1, 0.15) is 24.0 Å². The van der Waals surface area contributed by atoms with E-state index >= 15 is 0 Å². The van der Waals surface area contributed by atoms with Crippen LogP contribution in [0.2, 0.25) is 0 Å². The molecular formula is C28H25N3O4. The summed E-state index contributed by atoms with van der Waals surface area (Å²) in [6.45, 7) is 3.76. The third kappa shape index (κ3) is 3.65. The van der Waals surface area contributed by atoms with E-state index in [0.717, 1.165) is 44.8 Å². The van der Waals surface area contributed by atoms with Crippen LogP contribution in [0.5, 0.6) is 17.2 Å². The highest BCUT2D eigenvalue weighted by atomic mass is 16.5. The van der Waals surface area contributed by atoms with Crippen LogP contribution in [0.15, 0.2) is 60.6 Å². The van der Waals surface area contributed by atoms with Crippen molar-refractivity contribution in [3.63, 3.8) is 0 Å². The maximum atomic E-state index is 13.4. The highest BCUT2D eigenvalue weighted by Gasteiger charge is 2.34. The Morgan fingerprint density at radius 2 is 2.06 bits per heavy atom. The molecule has 0 amide bonds. The van der Waals surface area contributed by atoms with Gasteiger partial charge in [-0.05, 0) is 49.4 Å². The van der Waals surface area contributed by atoms with Crippen LogP contribution in [0, 0.1) is 6.92 Å². The van der Waals surface area contributed by atoms with Crippen LogP contribution in [0.25, 0.3) is 17.0 Å². The van der Waals surface area contributed by atoms with E-state index in [0.29, 0.717) is 36.9 Å². The topological polar surface area (TPSA) is 65.8 Å². The number of pyridine rings is 1. The zero-order chi connectivity index (χ0) is 24.1. The quantitative estimate of drug-likeness (QED) is 0.400. The van der Waals surface area contributed by atoms with Crippen molar-refractivity contribution < 1.29 is 19.0 Å². The van der Waals surface area contributed by atoms with Crippen molar-refractivity contribution in [3.8, 4) is 17.2 Å². The van der Waals surface area contributed by atoms with Gasteiger partial charge in [-0.15, -0.1) is 0 Å². The Hall–Kier alpha value is -4.10. The first kappa shape index (κ1) is 21.4. The number of rotatable bonds is 4. The third-order valence-corrected chi connectivity index (χ3v) is 6.63. The van der Waals surface area contributed by atoms with Gasteiger partial charge in [-0.25, -0.2) is 0 Å². The number of nitrogens with zero attached hydrogens (tertiary/aromatic N) is 3. The largest absolute Gasteiger partial charge is 0.497 e. The summed E-state index contributed by atoms with van der Waals surface area (Å²) >= 11 is 0. The van der Waals surface area contributed by atoms with Gasteiger partial charge < -0.3 is 18.8 Å². The van der Waals surface area contributed by atoms with E-state index in [1.54, 1.807) is 13.3 Å². The Labute approximate surface area is 203 Å². The van der Waals surface area contributed by atoms with E-state index in [1.165, 1.54) is 0 Å². The van der Waals surface area contributed by atoms with Crippen molar-refractivity contribution >= 4 is 22.8 Å². The van der Waals surface area contributed by atoms with Crippen molar-refractivity contribution in [1.29, 1.82) is 0 Å². The lowest BCUT2D eigenvalue weighted by molar-refractivity contribution is 0.0865. The molecule has 6 rings (SSSR count). The molecule has 0 bridgehead atoms. The van der Waals surface area contributed by atoms with Gasteiger partial charge in [0.05, 0.1) is 18.4 Å². The molecule has 0 saturated heterocycles. The fourth-order valence-electron chi connectivity index (χ4n) is 4.90. The van der Waals surface area contributed by atoms with Gasteiger partial charge in [0, 0.05) is 60.1 Å². The highest BCUT2D eigenvalue weighted by molar-refractivity contribution is 6.15. The van der Waals surface area contributed by atoms with Gasteiger partial charge in [0.25, 0.3) is 0 Å². The molecule has 0 saturated carbocycles. The fourth-order valence-corrected chi connectivity index (χ4v) is 4.90. The fraction of sp³-hybridized carbons (Fsp3) is 0.214. The Morgan fingerprint density at radius 3 is 2.86 bits per heavy atom. The van der Waals surface area contributed by atoms with E-state index in [-0.39, 0.29) is 5.78 Å². The first-order valence-electron chi connectivity index (χ1n) is 11.5. The number of methoxy groups -OCH3 is 1. The molecule has 35 heavy (non-hydrogen) atoms. The molecule has 2 aliphatic rings. The van der Waals surface area contributed by atoms with Gasteiger partial charge in [0.15, 0.2) is 5.76 Å². The molecule has 0 fully saturated rings. The Balaban J connectivity index is 1.33. The van der Waals surface area contributed by atoms with Crippen LogP contribution in [0.4, 0.5) is 0 Å². The second kappa shape index (κ2) is 8.29. The molecule has 7 nitrogen and oxygen atoms in total. The molecule has 4 heterocycles. The van der Waals surface area contributed by atoms with Crippen molar-refractivity contribution in [1.82, 2.24) is 14.5 Å². The van der Waals surface area contributed by atoms with Crippen LogP contribution < -0.4 is 14.2 Å². The van der Waals surface area contributed by atoms with Crippen molar-refractivity contribution in [2.24, 2.45) is 7.05 Å². The number of carbonyl (C=O) groups excluding carboxylic acids is 1. The molecule has 7 heteroatoms.